The Morgan fingerprint density at radius 3 is 2.71 bits per heavy atom. The van der Waals surface area contributed by atoms with Crippen molar-refractivity contribution in [3.63, 3.8) is 0 Å². The van der Waals surface area contributed by atoms with Crippen LogP contribution < -0.4 is 0 Å². The van der Waals surface area contributed by atoms with Crippen molar-refractivity contribution < 1.29 is 14.6 Å². The van der Waals surface area contributed by atoms with Gasteiger partial charge in [0.25, 0.3) is 0 Å². The number of rotatable bonds is 2. The summed E-state index contributed by atoms with van der Waals surface area (Å²) in [6, 6.07) is 0. The molecule has 4 aliphatic rings. The van der Waals surface area contributed by atoms with Crippen molar-refractivity contribution in [2.24, 2.45) is 34.0 Å². The molecule has 2 bridgehead atoms. The van der Waals surface area contributed by atoms with Gasteiger partial charge in [0.1, 0.15) is 0 Å². The Morgan fingerprint density at radius 2 is 2.00 bits per heavy atom. The Morgan fingerprint density at radius 1 is 1.21 bits per heavy atom. The van der Waals surface area contributed by atoms with E-state index in [1.807, 2.05) is 0 Å². The van der Waals surface area contributed by atoms with Crippen molar-refractivity contribution in [2.75, 3.05) is 13.7 Å². The molecule has 3 nitrogen and oxygen atoms in total. The summed E-state index contributed by atoms with van der Waals surface area (Å²) in [5.74, 6) is 1.71. The van der Waals surface area contributed by atoms with E-state index in [1.54, 1.807) is 7.11 Å². The number of hydrogen-bond acceptors (Lipinski definition) is 3. The predicted molar refractivity (Wildman–Crippen MR) is 93.2 cm³/mol. The summed E-state index contributed by atoms with van der Waals surface area (Å²) in [6.07, 6.45) is 11.8. The molecule has 0 saturated heterocycles. The molecule has 134 valence electrons. The third-order valence-corrected chi connectivity index (χ3v) is 8.63. The van der Waals surface area contributed by atoms with Crippen LogP contribution in [0.15, 0.2) is 11.6 Å². The van der Waals surface area contributed by atoms with Crippen molar-refractivity contribution in [3.8, 4) is 0 Å². The van der Waals surface area contributed by atoms with Crippen LogP contribution in [-0.4, -0.2) is 24.8 Å². The second-order valence-electron chi connectivity index (χ2n) is 9.50. The minimum Gasteiger partial charge on any atom is -0.469 e. The molecular weight excluding hydrogens is 300 g/mol. The molecule has 4 aliphatic carbocycles. The van der Waals surface area contributed by atoms with E-state index in [0.717, 1.165) is 19.3 Å². The Kier molecular flexibility index (Phi) is 3.69. The van der Waals surface area contributed by atoms with Crippen LogP contribution in [0, 0.1) is 34.0 Å². The second kappa shape index (κ2) is 5.33. The zero-order valence-corrected chi connectivity index (χ0v) is 15.4. The number of hydrogen-bond donors (Lipinski definition) is 1. The van der Waals surface area contributed by atoms with Crippen LogP contribution in [-0.2, 0) is 9.53 Å². The van der Waals surface area contributed by atoms with E-state index in [9.17, 15) is 9.90 Å². The molecule has 1 spiro atoms. The zero-order valence-electron chi connectivity index (χ0n) is 15.4. The molecule has 0 radical (unpaired) electrons. The van der Waals surface area contributed by atoms with E-state index < -0.39 is 0 Å². The number of methoxy groups -OCH3 is 1. The lowest BCUT2D eigenvalue weighted by Gasteiger charge is -2.63. The van der Waals surface area contributed by atoms with E-state index >= 15 is 0 Å². The number of carbonyl (C=O) groups is 1. The molecule has 6 atom stereocenters. The summed E-state index contributed by atoms with van der Waals surface area (Å²) in [7, 11) is 1.54. The van der Waals surface area contributed by atoms with Crippen LogP contribution in [0.25, 0.3) is 0 Å². The molecule has 0 aromatic heterocycles. The number of allylic oxidation sites excluding steroid dienone is 1. The topological polar surface area (TPSA) is 46.5 Å². The summed E-state index contributed by atoms with van der Waals surface area (Å²) in [4.78, 5) is 12.6. The molecular formula is C21H32O3. The number of ether oxygens (including phenoxy) is 1. The first-order valence-corrected chi connectivity index (χ1v) is 9.80. The summed E-state index contributed by atoms with van der Waals surface area (Å²) >= 11 is 0. The largest absolute Gasteiger partial charge is 0.469 e. The first-order valence-electron chi connectivity index (χ1n) is 9.80. The monoisotopic (exact) mass is 332 g/mol. The highest BCUT2D eigenvalue weighted by molar-refractivity contribution is 5.77. The van der Waals surface area contributed by atoms with Crippen molar-refractivity contribution in [2.45, 2.75) is 65.2 Å². The first-order chi connectivity index (χ1) is 11.4. The van der Waals surface area contributed by atoms with Gasteiger partial charge < -0.3 is 9.84 Å². The minimum atomic E-state index is -0.317. The lowest BCUT2D eigenvalue weighted by molar-refractivity contribution is -0.180. The fourth-order valence-corrected chi connectivity index (χ4v) is 7.70. The molecule has 0 amide bonds. The fourth-order valence-electron chi connectivity index (χ4n) is 7.70. The molecule has 0 aliphatic heterocycles. The first kappa shape index (κ1) is 16.6. The Labute approximate surface area is 145 Å². The summed E-state index contributed by atoms with van der Waals surface area (Å²) in [5, 5.41) is 9.75. The number of aliphatic hydroxyl groups is 1. The quantitative estimate of drug-likeness (QED) is 0.612. The summed E-state index contributed by atoms with van der Waals surface area (Å²) in [5.41, 5.74) is 1.50. The van der Waals surface area contributed by atoms with Crippen LogP contribution in [0.1, 0.15) is 65.2 Å². The van der Waals surface area contributed by atoms with E-state index in [1.165, 1.54) is 37.7 Å². The van der Waals surface area contributed by atoms with Crippen LogP contribution >= 0.6 is 0 Å². The lowest BCUT2D eigenvalue weighted by atomic mass is 9.41. The normalized spacial score (nSPS) is 49.8. The third-order valence-electron chi connectivity index (χ3n) is 8.63. The molecule has 1 N–H and O–H groups in total. The Hall–Kier alpha value is -0.830. The van der Waals surface area contributed by atoms with E-state index in [-0.39, 0.29) is 23.4 Å². The number of carbonyl (C=O) groups excluding carboxylic acids is 1. The molecule has 4 rings (SSSR count). The SMILES string of the molecule is COC(=O)[C@@]1(C)CCC[C@]2(C)[C@H]1CC[C@@]13C=C(CO)[C@@H](CC[C@@H]12)C3. The lowest BCUT2D eigenvalue weighted by Crippen LogP contribution is -2.58. The molecule has 3 fully saturated rings. The molecule has 24 heavy (non-hydrogen) atoms. The molecule has 0 aromatic carbocycles. The van der Waals surface area contributed by atoms with Gasteiger partial charge in [-0.05, 0) is 86.0 Å². The van der Waals surface area contributed by atoms with E-state index in [4.69, 9.17) is 4.74 Å². The highest BCUT2D eigenvalue weighted by Gasteiger charge is 2.64. The van der Waals surface area contributed by atoms with Crippen molar-refractivity contribution in [1.82, 2.24) is 0 Å². The Bertz CT molecular complexity index is 582. The van der Waals surface area contributed by atoms with Gasteiger partial charge in [-0.15, -0.1) is 0 Å². The van der Waals surface area contributed by atoms with Crippen LogP contribution in [0.2, 0.25) is 0 Å². The van der Waals surface area contributed by atoms with Crippen molar-refractivity contribution >= 4 is 5.97 Å². The average molecular weight is 332 g/mol. The summed E-state index contributed by atoms with van der Waals surface area (Å²) < 4.78 is 5.23. The van der Waals surface area contributed by atoms with Crippen LogP contribution in [0.3, 0.4) is 0 Å². The number of aliphatic hydroxyl groups excluding tert-OH is 1. The van der Waals surface area contributed by atoms with Gasteiger partial charge in [-0.25, -0.2) is 0 Å². The maximum atomic E-state index is 12.6. The zero-order chi connectivity index (χ0) is 17.2. The number of esters is 1. The molecule has 3 saturated carbocycles. The maximum absolute atomic E-state index is 12.6. The van der Waals surface area contributed by atoms with Crippen LogP contribution in [0.4, 0.5) is 0 Å². The van der Waals surface area contributed by atoms with Gasteiger partial charge in [-0.2, -0.15) is 0 Å². The standard InChI is InChI=1S/C21H32O3/c1-19-8-4-9-20(2,18(23)24-3)16(19)7-10-21-11-14(5-6-17(19)21)15(12-21)13-22/h12,14,16-17,22H,4-11,13H2,1-3H3/t14-,16+,17+,19+,20-,21+/m0/s1. The van der Waals surface area contributed by atoms with Gasteiger partial charge in [0.2, 0.25) is 0 Å². The van der Waals surface area contributed by atoms with Crippen LogP contribution in [0.5, 0.6) is 0 Å². The molecule has 0 heterocycles. The Balaban J connectivity index is 1.73. The van der Waals surface area contributed by atoms with Crippen molar-refractivity contribution in [1.29, 1.82) is 0 Å². The smallest absolute Gasteiger partial charge is 0.311 e. The highest BCUT2D eigenvalue weighted by Crippen LogP contribution is 2.70. The third kappa shape index (κ3) is 1.97. The summed E-state index contributed by atoms with van der Waals surface area (Å²) in [6.45, 7) is 4.86. The molecule has 0 aromatic rings. The van der Waals surface area contributed by atoms with E-state index in [2.05, 4.69) is 19.9 Å². The fraction of sp³-hybridized carbons (Fsp3) is 0.857. The maximum Gasteiger partial charge on any atom is 0.311 e. The van der Waals surface area contributed by atoms with Gasteiger partial charge >= 0.3 is 5.97 Å². The second-order valence-corrected chi connectivity index (χ2v) is 9.50. The molecule has 0 unspecified atom stereocenters. The van der Waals surface area contributed by atoms with Crippen molar-refractivity contribution in [3.05, 3.63) is 11.6 Å². The number of fused-ring (bicyclic) bond motifs is 3. The van der Waals surface area contributed by atoms with Gasteiger partial charge in [0.05, 0.1) is 19.1 Å². The highest BCUT2D eigenvalue weighted by atomic mass is 16.5. The van der Waals surface area contributed by atoms with Gasteiger partial charge in [0.15, 0.2) is 0 Å². The van der Waals surface area contributed by atoms with Gasteiger partial charge in [-0.3, -0.25) is 4.79 Å². The van der Waals surface area contributed by atoms with E-state index in [0.29, 0.717) is 23.2 Å². The average Bonchev–Trinajstić information content (AvgIpc) is 2.84. The minimum absolute atomic E-state index is 0.000993. The van der Waals surface area contributed by atoms with Gasteiger partial charge in [0, 0.05) is 0 Å². The predicted octanol–water partition coefficient (Wildman–Crippen LogP) is 4.10. The molecule has 3 heteroatoms. The van der Waals surface area contributed by atoms with Gasteiger partial charge in [-0.1, -0.05) is 19.4 Å².